The SMILES string of the molecule is COC(=O)[C@H](CCC(=O)c1ccc(OCc2ccccc2F)cc1)NC(=O)CC(C)(C)C. The standard InChI is InChI=1S/C25H30FNO5/c1-25(2,3)15-23(29)27-21(24(30)31-4)13-14-22(28)17-9-11-19(12-10-17)32-16-18-7-5-6-8-20(18)26/h5-12,21H,13-16H2,1-4H3,(H,27,29)/t21-/m0/s1. The van der Waals surface area contributed by atoms with Crippen molar-refractivity contribution in [3.63, 3.8) is 0 Å². The lowest BCUT2D eigenvalue weighted by atomic mass is 9.91. The molecule has 2 aromatic carbocycles. The van der Waals surface area contributed by atoms with Crippen LogP contribution in [0.15, 0.2) is 48.5 Å². The van der Waals surface area contributed by atoms with Gasteiger partial charge in [-0.1, -0.05) is 39.0 Å². The van der Waals surface area contributed by atoms with Crippen LogP contribution < -0.4 is 10.1 Å². The van der Waals surface area contributed by atoms with Crippen LogP contribution >= 0.6 is 0 Å². The molecular formula is C25H30FNO5. The molecule has 2 aromatic rings. The largest absolute Gasteiger partial charge is 0.489 e. The fourth-order valence-electron chi connectivity index (χ4n) is 3.05. The van der Waals surface area contributed by atoms with Crippen molar-refractivity contribution >= 4 is 17.7 Å². The van der Waals surface area contributed by atoms with Gasteiger partial charge in [-0.2, -0.15) is 0 Å². The van der Waals surface area contributed by atoms with Crippen LogP contribution in [0.2, 0.25) is 0 Å². The van der Waals surface area contributed by atoms with Crippen LogP contribution in [-0.4, -0.2) is 30.8 Å². The molecule has 0 aliphatic heterocycles. The monoisotopic (exact) mass is 443 g/mol. The van der Waals surface area contributed by atoms with Crippen LogP contribution in [0.5, 0.6) is 5.75 Å². The maximum absolute atomic E-state index is 13.7. The maximum Gasteiger partial charge on any atom is 0.328 e. The van der Waals surface area contributed by atoms with E-state index in [-0.39, 0.29) is 48.8 Å². The Bertz CT molecular complexity index is 934. The molecule has 1 N–H and O–H groups in total. The zero-order valence-electron chi connectivity index (χ0n) is 18.9. The molecule has 2 rings (SSSR count). The second-order valence-electron chi connectivity index (χ2n) is 8.75. The second kappa shape index (κ2) is 11.4. The van der Waals surface area contributed by atoms with Crippen molar-refractivity contribution in [3.05, 3.63) is 65.5 Å². The summed E-state index contributed by atoms with van der Waals surface area (Å²) in [5, 5.41) is 2.66. The van der Waals surface area contributed by atoms with Gasteiger partial charge in [0.1, 0.15) is 24.2 Å². The first kappa shape index (κ1) is 25.0. The van der Waals surface area contributed by atoms with Gasteiger partial charge in [-0.15, -0.1) is 0 Å². The Kier molecular flexibility index (Phi) is 8.93. The number of methoxy groups -OCH3 is 1. The van der Waals surface area contributed by atoms with Crippen molar-refractivity contribution in [2.24, 2.45) is 5.41 Å². The molecule has 0 spiro atoms. The van der Waals surface area contributed by atoms with Gasteiger partial charge in [0.05, 0.1) is 7.11 Å². The molecule has 0 unspecified atom stereocenters. The quantitative estimate of drug-likeness (QED) is 0.433. The fourth-order valence-corrected chi connectivity index (χ4v) is 3.05. The summed E-state index contributed by atoms with van der Waals surface area (Å²) in [6.07, 6.45) is 0.445. The van der Waals surface area contributed by atoms with Gasteiger partial charge in [0.2, 0.25) is 5.91 Å². The number of halogens is 1. The molecule has 0 aliphatic carbocycles. The number of esters is 1. The van der Waals surface area contributed by atoms with Crippen molar-refractivity contribution in [1.82, 2.24) is 5.32 Å². The van der Waals surface area contributed by atoms with Crippen molar-refractivity contribution in [1.29, 1.82) is 0 Å². The van der Waals surface area contributed by atoms with Crippen LogP contribution in [0.1, 0.15) is 56.0 Å². The normalized spacial score (nSPS) is 12.0. The molecule has 1 amide bonds. The molecular weight excluding hydrogens is 413 g/mol. The minimum Gasteiger partial charge on any atom is -0.489 e. The number of Topliss-reactive ketones (excluding diaryl/α,β-unsaturated/α-hetero) is 1. The summed E-state index contributed by atoms with van der Waals surface area (Å²) in [7, 11) is 1.24. The summed E-state index contributed by atoms with van der Waals surface area (Å²) < 4.78 is 24.0. The molecule has 0 fully saturated rings. The van der Waals surface area contributed by atoms with E-state index in [2.05, 4.69) is 5.32 Å². The molecule has 0 aliphatic rings. The third-order valence-electron chi connectivity index (χ3n) is 4.70. The number of rotatable bonds is 10. The highest BCUT2D eigenvalue weighted by Gasteiger charge is 2.25. The highest BCUT2D eigenvalue weighted by Crippen LogP contribution is 2.19. The minimum atomic E-state index is -0.887. The minimum absolute atomic E-state index is 0.0605. The number of carbonyl (C=O) groups is 3. The second-order valence-corrected chi connectivity index (χ2v) is 8.75. The Balaban J connectivity index is 1.91. The van der Waals surface area contributed by atoms with E-state index in [1.54, 1.807) is 42.5 Å². The highest BCUT2D eigenvalue weighted by atomic mass is 19.1. The molecule has 7 heteroatoms. The van der Waals surface area contributed by atoms with Gasteiger partial charge >= 0.3 is 5.97 Å². The zero-order valence-corrected chi connectivity index (χ0v) is 18.9. The molecule has 0 aromatic heterocycles. The molecule has 32 heavy (non-hydrogen) atoms. The first-order valence-electron chi connectivity index (χ1n) is 10.5. The van der Waals surface area contributed by atoms with Crippen molar-refractivity contribution in [2.45, 2.75) is 52.7 Å². The molecule has 0 bridgehead atoms. The number of hydrogen-bond acceptors (Lipinski definition) is 5. The van der Waals surface area contributed by atoms with Crippen molar-refractivity contribution in [3.8, 4) is 5.75 Å². The van der Waals surface area contributed by atoms with Gasteiger partial charge in [-0.25, -0.2) is 9.18 Å². The third kappa shape index (κ3) is 8.13. The van der Waals surface area contributed by atoms with E-state index in [1.165, 1.54) is 13.2 Å². The first-order valence-corrected chi connectivity index (χ1v) is 10.5. The lowest BCUT2D eigenvalue weighted by Crippen LogP contribution is -2.42. The summed E-state index contributed by atoms with van der Waals surface area (Å²) in [5.74, 6) is -0.862. The van der Waals surface area contributed by atoms with E-state index in [9.17, 15) is 18.8 Å². The number of hydrogen-bond donors (Lipinski definition) is 1. The van der Waals surface area contributed by atoms with Crippen LogP contribution in [0.4, 0.5) is 4.39 Å². The number of ketones is 1. The molecule has 0 radical (unpaired) electrons. The van der Waals surface area contributed by atoms with Gasteiger partial charge in [0.15, 0.2) is 5.78 Å². The molecule has 0 saturated carbocycles. The first-order chi connectivity index (χ1) is 15.1. The van der Waals surface area contributed by atoms with Crippen molar-refractivity contribution < 1.29 is 28.2 Å². The van der Waals surface area contributed by atoms with Gasteiger partial charge in [-0.3, -0.25) is 9.59 Å². The number of nitrogens with one attached hydrogen (secondary N) is 1. The summed E-state index contributed by atoms with van der Waals surface area (Å²) in [6.45, 7) is 5.85. The van der Waals surface area contributed by atoms with Crippen LogP contribution in [-0.2, 0) is 20.9 Å². The summed E-state index contributed by atoms with van der Waals surface area (Å²) in [5.41, 5.74) is 0.666. The summed E-state index contributed by atoms with van der Waals surface area (Å²) in [6, 6.07) is 12.0. The number of benzene rings is 2. The van der Waals surface area contributed by atoms with Gasteiger partial charge in [-0.05, 0) is 42.2 Å². The lowest BCUT2D eigenvalue weighted by Gasteiger charge is -2.21. The highest BCUT2D eigenvalue weighted by molar-refractivity contribution is 5.96. The van der Waals surface area contributed by atoms with E-state index in [1.807, 2.05) is 20.8 Å². The van der Waals surface area contributed by atoms with Crippen LogP contribution in [0.3, 0.4) is 0 Å². The number of amides is 1. The van der Waals surface area contributed by atoms with E-state index < -0.39 is 12.0 Å². The number of ether oxygens (including phenoxy) is 2. The van der Waals surface area contributed by atoms with Crippen LogP contribution in [0.25, 0.3) is 0 Å². The summed E-state index contributed by atoms with van der Waals surface area (Å²) >= 11 is 0. The van der Waals surface area contributed by atoms with E-state index in [0.717, 1.165) is 0 Å². The Hall–Kier alpha value is -3.22. The Labute approximate surface area is 188 Å². The summed E-state index contributed by atoms with van der Waals surface area (Å²) in [4.78, 5) is 36.8. The average molecular weight is 444 g/mol. The lowest BCUT2D eigenvalue weighted by molar-refractivity contribution is -0.145. The molecule has 1 atom stereocenters. The zero-order chi connectivity index (χ0) is 23.7. The maximum atomic E-state index is 13.7. The predicted octanol–water partition coefficient (Wildman–Crippen LogP) is 4.46. The fraction of sp³-hybridized carbons (Fsp3) is 0.400. The van der Waals surface area contributed by atoms with Gasteiger partial charge in [0, 0.05) is 24.0 Å². The molecule has 6 nitrogen and oxygen atoms in total. The predicted molar refractivity (Wildman–Crippen MR) is 119 cm³/mol. The topological polar surface area (TPSA) is 81.7 Å². The molecule has 0 heterocycles. The van der Waals surface area contributed by atoms with E-state index >= 15 is 0 Å². The van der Waals surface area contributed by atoms with Gasteiger partial charge < -0.3 is 14.8 Å². The Morgan fingerprint density at radius 3 is 2.28 bits per heavy atom. The smallest absolute Gasteiger partial charge is 0.328 e. The Morgan fingerprint density at radius 2 is 1.69 bits per heavy atom. The van der Waals surface area contributed by atoms with E-state index in [0.29, 0.717) is 16.9 Å². The molecule has 0 saturated heterocycles. The van der Waals surface area contributed by atoms with Crippen LogP contribution in [0, 0.1) is 11.2 Å². The van der Waals surface area contributed by atoms with Gasteiger partial charge in [0.25, 0.3) is 0 Å². The average Bonchev–Trinajstić information content (AvgIpc) is 2.74. The Morgan fingerprint density at radius 1 is 1.03 bits per heavy atom. The third-order valence-corrected chi connectivity index (χ3v) is 4.70. The number of carbonyl (C=O) groups excluding carboxylic acids is 3. The molecule has 172 valence electrons. The van der Waals surface area contributed by atoms with E-state index in [4.69, 9.17) is 9.47 Å². The van der Waals surface area contributed by atoms with Crippen molar-refractivity contribution in [2.75, 3.05) is 7.11 Å².